The molecule has 7 nitrogen and oxygen atoms in total. The molecule has 2 rings (SSSR count). The first-order valence-electron chi connectivity index (χ1n) is 9.62. The van der Waals surface area contributed by atoms with Gasteiger partial charge in [0.1, 0.15) is 5.75 Å². The van der Waals surface area contributed by atoms with Crippen LogP contribution in [0.1, 0.15) is 25.3 Å². The van der Waals surface area contributed by atoms with Crippen LogP contribution >= 0.6 is 0 Å². The highest BCUT2D eigenvalue weighted by Gasteiger charge is 2.22. The van der Waals surface area contributed by atoms with Crippen LogP contribution in [0.3, 0.4) is 0 Å². The number of likely N-dealkylation sites (tertiary alicyclic amines) is 1. The Balaban J connectivity index is 1.97. The maximum Gasteiger partial charge on any atom is 0.241 e. The third-order valence-corrected chi connectivity index (χ3v) is 4.90. The number of likely N-dealkylation sites (N-methyl/N-ethyl adjacent to an activating group) is 2. The van der Waals surface area contributed by atoms with E-state index in [9.17, 15) is 4.79 Å². The lowest BCUT2D eigenvalue weighted by molar-refractivity contribution is -0.127. The Kier molecular flexibility index (Phi) is 8.39. The molecule has 1 heterocycles. The number of aliphatic imine (C=N–C) groups is 1. The van der Waals surface area contributed by atoms with E-state index in [4.69, 9.17) is 4.74 Å². The molecule has 1 aromatic rings. The normalized spacial score (nSPS) is 17.6. The highest BCUT2D eigenvalue weighted by molar-refractivity contribution is 5.86. The van der Waals surface area contributed by atoms with Gasteiger partial charge in [0.15, 0.2) is 5.96 Å². The molecule has 27 heavy (non-hydrogen) atoms. The van der Waals surface area contributed by atoms with Crippen LogP contribution in [0, 0.1) is 0 Å². The van der Waals surface area contributed by atoms with Gasteiger partial charge in [-0.05, 0) is 43.6 Å². The van der Waals surface area contributed by atoms with E-state index >= 15 is 0 Å². The summed E-state index contributed by atoms with van der Waals surface area (Å²) in [4.78, 5) is 20.6. The minimum absolute atomic E-state index is 0.0185. The van der Waals surface area contributed by atoms with Gasteiger partial charge in [-0.2, -0.15) is 0 Å². The van der Waals surface area contributed by atoms with Crippen molar-refractivity contribution in [3.63, 3.8) is 0 Å². The highest BCUT2D eigenvalue weighted by Crippen LogP contribution is 2.15. The molecular formula is C20H33N5O2. The monoisotopic (exact) mass is 375 g/mol. The molecule has 0 bridgehead atoms. The molecule has 1 fully saturated rings. The average Bonchev–Trinajstić information content (AvgIpc) is 3.15. The molecule has 150 valence electrons. The van der Waals surface area contributed by atoms with E-state index in [0.29, 0.717) is 18.5 Å². The highest BCUT2D eigenvalue weighted by atomic mass is 16.5. The van der Waals surface area contributed by atoms with Crippen molar-refractivity contribution in [2.45, 2.75) is 32.4 Å². The lowest BCUT2D eigenvalue weighted by atomic mass is 10.2. The molecule has 1 aromatic carbocycles. The van der Waals surface area contributed by atoms with Gasteiger partial charge in [0.25, 0.3) is 0 Å². The number of hydrogen-bond donors (Lipinski definition) is 2. The smallest absolute Gasteiger partial charge is 0.241 e. The predicted octanol–water partition coefficient (Wildman–Crippen LogP) is 1.30. The first-order valence-corrected chi connectivity index (χ1v) is 9.62. The number of rotatable bonds is 8. The fourth-order valence-electron chi connectivity index (χ4n) is 3.15. The third-order valence-electron chi connectivity index (χ3n) is 4.90. The van der Waals surface area contributed by atoms with E-state index in [1.807, 2.05) is 24.3 Å². The van der Waals surface area contributed by atoms with E-state index < -0.39 is 0 Å². The van der Waals surface area contributed by atoms with Crippen molar-refractivity contribution in [3.8, 4) is 5.75 Å². The summed E-state index contributed by atoms with van der Waals surface area (Å²) in [5, 5.41) is 6.57. The minimum Gasteiger partial charge on any atom is -0.497 e. The summed E-state index contributed by atoms with van der Waals surface area (Å²) in [6, 6.07) is 8.38. The SMILES string of the molecule is CCN1CCCC1CNC(=NCc1ccc(OC)cc1)NCC(=O)N(C)C. The molecule has 0 aromatic heterocycles. The van der Waals surface area contributed by atoms with Gasteiger partial charge in [-0.15, -0.1) is 0 Å². The molecule has 0 aliphatic carbocycles. The summed E-state index contributed by atoms with van der Waals surface area (Å²) in [6.07, 6.45) is 2.44. The number of carbonyl (C=O) groups is 1. The topological polar surface area (TPSA) is 69.2 Å². The number of benzene rings is 1. The van der Waals surface area contributed by atoms with Crippen molar-refractivity contribution in [3.05, 3.63) is 29.8 Å². The Hall–Kier alpha value is -2.28. The fourth-order valence-corrected chi connectivity index (χ4v) is 3.15. The van der Waals surface area contributed by atoms with Crippen LogP contribution in [0.2, 0.25) is 0 Å². The summed E-state index contributed by atoms with van der Waals surface area (Å²) in [7, 11) is 5.16. The van der Waals surface area contributed by atoms with Gasteiger partial charge in [-0.3, -0.25) is 9.69 Å². The summed E-state index contributed by atoms with van der Waals surface area (Å²) in [5.74, 6) is 1.52. The summed E-state index contributed by atoms with van der Waals surface area (Å²) in [5.41, 5.74) is 1.09. The van der Waals surface area contributed by atoms with Crippen LogP contribution in [0.15, 0.2) is 29.3 Å². The Morgan fingerprint density at radius 2 is 2.04 bits per heavy atom. The number of carbonyl (C=O) groups excluding carboxylic acids is 1. The van der Waals surface area contributed by atoms with Crippen molar-refractivity contribution in [2.24, 2.45) is 4.99 Å². The average molecular weight is 376 g/mol. The maximum absolute atomic E-state index is 11.9. The zero-order valence-electron chi connectivity index (χ0n) is 17.0. The van der Waals surface area contributed by atoms with Crippen molar-refractivity contribution in [1.29, 1.82) is 0 Å². The number of amides is 1. The molecule has 7 heteroatoms. The van der Waals surface area contributed by atoms with E-state index in [0.717, 1.165) is 30.9 Å². The number of ether oxygens (including phenoxy) is 1. The van der Waals surface area contributed by atoms with Crippen LogP contribution in [0.5, 0.6) is 5.75 Å². The number of nitrogens with one attached hydrogen (secondary N) is 2. The summed E-state index contributed by atoms with van der Waals surface area (Å²) < 4.78 is 5.19. The molecule has 1 aliphatic rings. The Morgan fingerprint density at radius 3 is 2.67 bits per heavy atom. The lowest BCUT2D eigenvalue weighted by Crippen LogP contribution is -2.47. The van der Waals surface area contributed by atoms with Crippen molar-refractivity contribution in [2.75, 3.05) is 47.4 Å². The lowest BCUT2D eigenvalue weighted by Gasteiger charge is -2.24. The van der Waals surface area contributed by atoms with Crippen molar-refractivity contribution in [1.82, 2.24) is 20.4 Å². The number of methoxy groups -OCH3 is 1. The Morgan fingerprint density at radius 1 is 1.30 bits per heavy atom. The van der Waals surface area contributed by atoms with Gasteiger partial charge in [0.2, 0.25) is 5.91 Å². The van der Waals surface area contributed by atoms with Gasteiger partial charge < -0.3 is 20.3 Å². The van der Waals surface area contributed by atoms with Crippen LogP contribution in [-0.2, 0) is 11.3 Å². The van der Waals surface area contributed by atoms with Crippen LogP contribution in [0.4, 0.5) is 0 Å². The second-order valence-electron chi connectivity index (χ2n) is 6.96. The summed E-state index contributed by atoms with van der Waals surface area (Å²) in [6.45, 7) is 6.02. The fraction of sp³-hybridized carbons (Fsp3) is 0.600. The Labute approximate surface area is 162 Å². The number of nitrogens with zero attached hydrogens (tertiary/aromatic N) is 3. The first kappa shape index (κ1) is 21.0. The van der Waals surface area contributed by atoms with Crippen molar-refractivity contribution >= 4 is 11.9 Å². The van der Waals surface area contributed by atoms with E-state index in [1.165, 1.54) is 12.8 Å². The standard InChI is InChI=1S/C20H33N5O2/c1-5-25-12-6-7-17(25)14-22-20(23-15-19(26)24(2)3)21-13-16-8-10-18(27-4)11-9-16/h8-11,17H,5-7,12-15H2,1-4H3,(H2,21,22,23). The van der Waals surface area contributed by atoms with E-state index in [2.05, 4.69) is 27.4 Å². The minimum atomic E-state index is 0.0185. The zero-order valence-corrected chi connectivity index (χ0v) is 17.0. The van der Waals surface area contributed by atoms with Crippen molar-refractivity contribution < 1.29 is 9.53 Å². The van der Waals surface area contributed by atoms with Gasteiger partial charge in [0.05, 0.1) is 20.2 Å². The first-order chi connectivity index (χ1) is 13.0. The van der Waals surface area contributed by atoms with Gasteiger partial charge >= 0.3 is 0 Å². The second-order valence-corrected chi connectivity index (χ2v) is 6.96. The van der Waals surface area contributed by atoms with Gasteiger partial charge in [-0.25, -0.2) is 4.99 Å². The molecule has 1 amide bonds. The zero-order chi connectivity index (χ0) is 19.6. The van der Waals surface area contributed by atoms with Gasteiger partial charge in [-0.1, -0.05) is 19.1 Å². The number of guanidine groups is 1. The second kappa shape index (κ2) is 10.8. The maximum atomic E-state index is 11.9. The molecule has 0 radical (unpaired) electrons. The molecule has 1 aliphatic heterocycles. The van der Waals surface area contributed by atoms with Crippen LogP contribution in [-0.4, -0.2) is 75.1 Å². The van der Waals surface area contributed by atoms with Gasteiger partial charge in [0, 0.05) is 26.7 Å². The molecule has 1 saturated heterocycles. The predicted molar refractivity (Wildman–Crippen MR) is 109 cm³/mol. The largest absolute Gasteiger partial charge is 0.497 e. The quantitative estimate of drug-likeness (QED) is 0.530. The molecule has 1 unspecified atom stereocenters. The van der Waals surface area contributed by atoms with Crippen LogP contribution < -0.4 is 15.4 Å². The summed E-state index contributed by atoms with van der Waals surface area (Å²) >= 11 is 0. The molecule has 0 saturated carbocycles. The third kappa shape index (κ3) is 6.75. The Bertz CT molecular complexity index is 615. The number of hydrogen-bond acceptors (Lipinski definition) is 4. The molecule has 0 spiro atoms. The van der Waals surface area contributed by atoms with E-state index in [1.54, 1.807) is 26.1 Å². The molecule has 2 N–H and O–H groups in total. The molecular weight excluding hydrogens is 342 g/mol. The van der Waals surface area contributed by atoms with Crippen LogP contribution in [0.25, 0.3) is 0 Å². The van der Waals surface area contributed by atoms with E-state index in [-0.39, 0.29) is 12.5 Å². The molecule has 1 atom stereocenters.